The van der Waals surface area contributed by atoms with Crippen LogP contribution in [0.2, 0.25) is 5.15 Å². The number of alkyl halides is 1. The number of halogens is 2. The second kappa shape index (κ2) is 3.64. The number of aromatic nitrogens is 1. The van der Waals surface area contributed by atoms with Crippen LogP contribution in [-0.4, -0.2) is 4.98 Å². The number of nitrogens with zero attached hydrogens (tertiary/aromatic N) is 1. The zero-order valence-corrected chi connectivity index (χ0v) is 9.14. The maximum atomic E-state index is 5.87. The summed E-state index contributed by atoms with van der Waals surface area (Å²) in [6.07, 6.45) is 0. The number of para-hydroxylation sites is 1. The first-order chi connectivity index (χ1) is 6.31. The third-order valence-electron chi connectivity index (χ3n) is 1.91. The maximum absolute atomic E-state index is 5.87. The molecule has 1 aromatic carbocycles. The predicted molar refractivity (Wildman–Crippen MR) is 59.4 cm³/mol. The Morgan fingerprint density at radius 2 is 2.08 bits per heavy atom. The molecule has 0 spiro atoms. The van der Waals surface area contributed by atoms with E-state index in [2.05, 4.69) is 27.0 Å². The number of rotatable bonds is 1. The number of pyridine rings is 1. The summed E-state index contributed by atoms with van der Waals surface area (Å²) in [5.41, 5.74) is 2.13. The molecule has 0 amide bonds. The minimum absolute atomic E-state index is 0.549. The molecule has 2 aromatic rings. The summed E-state index contributed by atoms with van der Waals surface area (Å²) < 4.78 is 0. The van der Waals surface area contributed by atoms with Gasteiger partial charge in [0.05, 0.1) is 5.52 Å². The van der Waals surface area contributed by atoms with E-state index >= 15 is 0 Å². The van der Waals surface area contributed by atoms with Gasteiger partial charge in [-0.15, -0.1) is 0 Å². The number of hydrogen-bond donors (Lipinski definition) is 0. The fraction of sp³-hybridized carbons (Fsp3) is 0.100. The molecule has 1 heterocycles. The molecule has 13 heavy (non-hydrogen) atoms. The molecule has 0 fully saturated rings. The van der Waals surface area contributed by atoms with Crippen molar-refractivity contribution in [3.05, 3.63) is 41.0 Å². The predicted octanol–water partition coefficient (Wildman–Crippen LogP) is 3.78. The Hall–Kier alpha value is -0.600. The molecule has 0 saturated heterocycles. The van der Waals surface area contributed by atoms with Gasteiger partial charge in [-0.25, -0.2) is 4.98 Å². The van der Waals surface area contributed by atoms with E-state index in [4.69, 9.17) is 11.6 Å². The van der Waals surface area contributed by atoms with E-state index in [-0.39, 0.29) is 0 Å². The standard InChI is InChI=1S/C10H7BrClN/c11-6-7-5-10(12)13-9-4-2-1-3-8(7)9/h1-5H,6H2. The summed E-state index contributed by atoms with van der Waals surface area (Å²) in [4.78, 5) is 4.23. The molecule has 1 nitrogen and oxygen atoms in total. The van der Waals surface area contributed by atoms with Crippen molar-refractivity contribution in [1.82, 2.24) is 4.98 Å². The lowest BCUT2D eigenvalue weighted by Gasteiger charge is -2.02. The van der Waals surface area contributed by atoms with E-state index in [1.54, 1.807) is 0 Å². The summed E-state index contributed by atoms with van der Waals surface area (Å²) in [6, 6.07) is 9.87. The van der Waals surface area contributed by atoms with E-state index in [9.17, 15) is 0 Å². The van der Waals surface area contributed by atoms with Crippen LogP contribution in [0.4, 0.5) is 0 Å². The van der Waals surface area contributed by atoms with E-state index in [1.807, 2.05) is 24.3 Å². The highest BCUT2D eigenvalue weighted by atomic mass is 79.9. The van der Waals surface area contributed by atoms with Gasteiger partial charge < -0.3 is 0 Å². The molecule has 0 saturated carbocycles. The first-order valence-corrected chi connectivity index (χ1v) is 5.41. The minimum Gasteiger partial charge on any atom is -0.236 e. The molecule has 0 radical (unpaired) electrons. The lowest BCUT2D eigenvalue weighted by molar-refractivity contribution is 1.36. The Bertz CT molecular complexity index is 442. The van der Waals surface area contributed by atoms with Gasteiger partial charge in [0.15, 0.2) is 0 Å². The van der Waals surface area contributed by atoms with Crippen LogP contribution >= 0.6 is 27.5 Å². The highest BCUT2D eigenvalue weighted by Crippen LogP contribution is 2.22. The van der Waals surface area contributed by atoms with Gasteiger partial charge in [0.1, 0.15) is 5.15 Å². The molecular formula is C10H7BrClN. The maximum Gasteiger partial charge on any atom is 0.130 e. The molecule has 3 heteroatoms. The summed E-state index contributed by atoms with van der Waals surface area (Å²) >= 11 is 9.30. The van der Waals surface area contributed by atoms with Gasteiger partial charge in [0, 0.05) is 10.7 Å². The van der Waals surface area contributed by atoms with Crippen LogP contribution in [0, 0.1) is 0 Å². The van der Waals surface area contributed by atoms with Crippen molar-refractivity contribution in [2.24, 2.45) is 0 Å². The van der Waals surface area contributed by atoms with Gasteiger partial charge in [-0.3, -0.25) is 0 Å². The Labute approximate surface area is 89.9 Å². The van der Waals surface area contributed by atoms with Crippen molar-refractivity contribution in [2.45, 2.75) is 5.33 Å². The van der Waals surface area contributed by atoms with Crippen LogP contribution in [-0.2, 0) is 5.33 Å². The molecule has 1 aromatic heterocycles. The van der Waals surface area contributed by atoms with Crippen molar-refractivity contribution in [1.29, 1.82) is 0 Å². The second-order valence-electron chi connectivity index (χ2n) is 2.75. The Morgan fingerprint density at radius 3 is 2.85 bits per heavy atom. The molecule has 0 N–H and O–H groups in total. The number of hydrogen-bond acceptors (Lipinski definition) is 1. The van der Waals surface area contributed by atoms with Crippen LogP contribution < -0.4 is 0 Å². The van der Waals surface area contributed by atoms with Gasteiger partial charge in [-0.05, 0) is 17.7 Å². The molecule has 0 bridgehead atoms. The van der Waals surface area contributed by atoms with E-state index < -0.39 is 0 Å². The first-order valence-electron chi connectivity index (χ1n) is 3.91. The number of benzene rings is 1. The van der Waals surface area contributed by atoms with Crippen molar-refractivity contribution in [3.63, 3.8) is 0 Å². The van der Waals surface area contributed by atoms with Crippen molar-refractivity contribution < 1.29 is 0 Å². The van der Waals surface area contributed by atoms with E-state index in [0.29, 0.717) is 5.15 Å². The molecular weight excluding hydrogens is 249 g/mol. The molecule has 0 unspecified atom stereocenters. The van der Waals surface area contributed by atoms with Gasteiger partial charge in [0.25, 0.3) is 0 Å². The van der Waals surface area contributed by atoms with E-state index in [1.165, 1.54) is 5.56 Å². The molecule has 0 aliphatic rings. The SMILES string of the molecule is Clc1cc(CBr)c2ccccc2n1. The highest BCUT2D eigenvalue weighted by molar-refractivity contribution is 9.08. The Morgan fingerprint density at radius 1 is 1.31 bits per heavy atom. The number of fused-ring (bicyclic) bond motifs is 1. The van der Waals surface area contributed by atoms with Crippen LogP contribution in [0.25, 0.3) is 10.9 Å². The molecule has 0 aliphatic carbocycles. The highest BCUT2D eigenvalue weighted by Gasteiger charge is 2.01. The lowest BCUT2D eigenvalue weighted by Crippen LogP contribution is -1.85. The molecule has 66 valence electrons. The van der Waals surface area contributed by atoms with Crippen molar-refractivity contribution in [2.75, 3.05) is 0 Å². The average molecular weight is 257 g/mol. The summed E-state index contributed by atoms with van der Waals surface area (Å²) in [6.45, 7) is 0. The Kier molecular flexibility index (Phi) is 2.51. The van der Waals surface area contributed by atoms with Crippen LogP contribution in [0.15, 0.2) is 30.3 Å². The second-order valence-corrected chi connectivity index (χ2v) is 3.70. The quantitative estimate of drug-likeness (QED) is 0.559. The van der Waals surface area contributed by atoms with Gasteiger partial charge in [-0.1, -0.05) is 45.7 Å². The summed E-state index contributed by atoms with van der Waals surface area (Å²) in [5.74, 6) is 0. The smallest absolute Gasteiger partial charge is 0.130 e. The largest absolute Gasteiger partial charge is 0.236 e. The summed E-state index contributed by atoms with van der Waals surface area (Å²) in [5, 5.41) is 2.51. The third-order valence-corrected chi connectivity index (χ3v) is 2.71. The van der Waals surface area contributed by atoms with Gasteiger partial charge in [0.2, 0.25) is 0 Å². The monoisotopic (exact) mass is 255 g/mol. The minimum atomic E-state index is 0.549. The molecule has 2 rings (SSSR count). The van der Waals surface area contributed by atoms with E-state index in [0.717, 1.165) is 16.2 Å². The first kappa shape index (κ1) is 8.97. The van der Waals surface area contributed by atoms with Crippen LogP contribution in [0.1, 0.15) is 5.56 Å². The topological polar surface area (TPSA) is 12.9 Å². The van der Waals surface area contributed by atoms with Crippen molar-refractivity contribution in [3.8, 4) is 0 Å². The van der Waals surface area contributed by atoms with Crippen LogP contribution in [0.5, 0.6) is 0 Å². The fourth-order valence-electron chi connectivity index (χ4n) is 1.32. The third kappa shape index (κ3) is 1.69. The lowest BCUT2D eigenvalue weighted by atomic mass is 10.1. The zero-order chi connectivity index (χ0) is 9.26. The van der Waals surface area contributed by atoms with Gasteiger partial charge in [-0.2, -0.15) is 0 Å². The molecule has 0 aliphatic heterocycles. The Balaban J connectivity index is 2.81. The fourth-order valence-corrected chi connectivity index (χ4v) is 2.01. The molecule has 0 atom stereocenters. The summed E-state index contributed by atoms with van der Waals surface area (Å²) in [7, 11) is 0. The van der Waals surface area contributed by atoms with Crippen LogP contribution in [0.3, 0.4) is 0 Å². The van der Waals surface area contributed by atoms with Crippen molar-refractivity contribution >= 4 is 38.4 Å². The van der Waals surface area contributed by atoms with Gasteiger partial charge >= 0.3 is 0 Å². The average Bonchev–Trinajstić information content (AvgIpc) is 2.16. The zero-order valence-electron chi connectivity index (χ0n) is 6.80. The normalized spacial score (nSPS) is 10.6.